The third-order valence-electron chi connectivity index (χ3n) is 5.47. The van der Waals surface area contributed by atoms with E-state index in [1.807, 2.05) is 19.2 Å². The van der Waals surface area contributed by atoms with Gasteiger partial charge in [0.25, 0.3) is 0 Å². The number of halogens is 1. The lowest BCUT2D eigenvalue weighted by molar-refractivity contribution is 0.239. The first-order valence-corrected chi connectivity index (χ1v) is 11.2. The standard InChI is InChI=1S/C22H33N5OS.HI/c1-16-17(2)29-21(26-16)11-12-24-22(23-3)25-15-19(27-13-7-8-14-27)18-9-5-6-10-20(18)28-4;/h5-6,9-10,19H,7-8,11-15H2,1-4H3,(H2,23,24,25);1H. The maximum atomic E-state index is 5.64. The van der Waals surface area contributed by atoms with E-state index in [1.165, 1.54) is 28.3 Å². The van der Waals surface area contributed by atoms with Crippen LogP contribution in [0.2, 0.25) is 0 Å². The van der Waals surface area contributed by atoms with Crippen LogP contribution in [0.4, 0.5) is 0 Å². The molecule has 0 spiro atoms. The monoisotopic (exact) mass is 543 g/mol. The van der Waals surface area contributed by atoms with Crippen molar-refractivity contribution < 1.29 is 4.74 Å². The van der Waals surface area contributed by atoms with Crippen molar-refractivity contribution >= 4 is 41.3 Å². The second kappa shape index (κ2) is 12.5. The first kappa shape index (κ1) is 24.9. The number of ether oxygens (including phenoxy) is 1. The highest BCUT2D eigenvalue weighted by molar-refractivity contribution is 14.0. The predicted octanol–water partition coefficient (Wildman–Crippen LogP) is 3.93. The van der Waals surface area contributed by atoms with Gasteiger partial charge in [0, 0.05) is 37.0 Å². The molecule has 6 nitrogen and oxygen atoms in total. The molecule has 3 rings (SSSR count). The molecule has 1 saturated heterocycles. The summed E-state index contributed by atoms with van der Waals surface area (Å²) in [6.45, 7) is 8.04. The van der Waals surface area contributed by atoms with Gasteiger partial charge in [-0.2, -0.15) is 0 Å². The van der Waals surface area contributed by atoms with Crippen molar-refractivity contribution in [1.29, 1.82) is 0 Å². The molecule has 8 heteroatoms. The van der Waals surface area contributed by atoms with Gasteiger partial charge in [-0.05, 0) is 45.8 Å². The fourth-order valence-electron chi connectivity index (χ4n) is 3.78. The van der Waals surface area contributed by atoms with Crippen molar-refractivity contribution in [3.63, 3.8) is 0 Å². The summed E-state index contributed by atoms with van der Waals surface area (Å²) >= 11 is 1.78. The number of benzene rings is 1. The van der Waals surface area contributed by atoms with E-state index in [4.69, 9.17) is 4.74 Å². The normalized spacial score (nSPS) is 15.5. The largest absolute Gasteiger partial charge is 0.496 e. The number of aliphatic imine (C=N–C) groups is 1. The number of thiazole rings is 1. The number of hydrogen-bond donors (Lipinski definition) is 2. The van der Waals surface area contributed by atoms with Crippen LogP contribution in [-0.2, 0) is 6.42 Å². The van der Waals surface area contributed by atoms with E-state index >= 15 is 0 Å². The molecule has 2 N–H and O–H groups in total. The molecule has 30 heavy (non-hydrogen) atoms. The quantitative estimate of drug-likeness (QED) is 0.300. The smallest absolute Gasteiger partial charge is 0.191 e. The molecule has 1 aromatic heterocycles. The van der Waals surface area contributed by atoms with E-state index in [1.54, 1.807) is 18.4 Å². The van der Waals surface area contributed by atoms with Gasteiger partial charge in [0.2, 0.25) is 0 Å². The van der Waals surface area contributed by atoms with Crippen LogP contribution in [0.5, 0.6) is 5.75 Å². The Morgan fingerprint density at radius 1 is 1.23 bits per heavy atom. The molecule has 0 radical (unpaired) electrons. The Labute approximate surface area is 201 Å². The number of aryl methyl sites for hydroxylation is 2. The number of guanidine groups is 1. The molecule has 2 aromatic rings. The minimum absolute atomic E-state index is 0. The van der Waals surface area contributed by atoms with Crippen LogP contribution in [0.15, 0.2) is 29.3 Å². The van der Waals surface area contributed by atoms with Crippen molar-refractivity contribution in [2.45, 2.75) is 39.2 Å². The van der Waals surface area contributed by atoms with Crippen LogP contribution in [-0.4, -0.2) is 56.2 Å². The van der Waals surface area contributed by atoms with E-state index in [2.05, 4.69) is 51.5 Å². The molecule has 0 saturated carbocycles. The minimum Gasteiger partial charge on any atom is -0.496 e. The predicted molar refractivity (Wildman–Crippen MR) is 137 cm³/mol. The molecule has 2 heterocycles. The van der Waals surface area contributed by atoms with Crippen molar-refractivity contribution in [3.8, 4) is 5.75 Å². The molecular weight excluding hydrogens is 509 g/mol. The summed E-state index contributed by atoms with van der Waals surface area (Å²) in [6, 6.07) is 8.60. The molecule has 166 valence electrons. The number of aromatic nitrogens is 1. The van der Waals surface area contributed by atoms with Crippen molar-refractivity contribution in [1.82, 2.24) is 20.5 Å². The van der Waals surface area contributed by atoms with Gasteiger partial charge in [0.1, 0.15) is 5.75 Å². The average Bonchev–Trinajstić information content (AvgIpc) is 3.37. The van der Waals surface area contributed by atoms with Crippen molar-refractivity contribution in [2.24, 2.45) is 4.99 Å². The second-order valence-corrected chi connectivity index (χ2v) is 8.67. The van der Waals surface area contributed by atoms with Crippen LogP contribution in [0.3, 0.4) is 0 Å². The topological polar surface area (TPSA) is 61.8 Å². The van der Waals surface area contributed by atoms with E-state index in [0.717, 1.165) is 50.0 Å². The first-order chi connectivity index (χ1) is 14.1. The third-order valence-corrected chi connectivity index (χ3v) is 6.60. The minimum atomic E-state index is 0. The molecule has 0 aliphatic carbocycles. The van der Waals surface area contributed by atoms with Crippen LogP contribution >= 0.6 is 35.3 Å². The number of nitrogens with one attached hydrogen (secondary N) is 2. The molecular formula is C22H34IN5OS. The zero-order valence-electron chi connectivity index (χ0n) is 18.4. The van der Waals surface area contributed by atoms with E-state index in [0.29, 0.717) is 0 Å². The Balaban J connectivity index is 0.00000320. The van der Waals surface area contributed by atoms with Gasteiger partial charge in [-0.1, -0.05) is 18.2 Å². The summed E-state index contributed by atoms with van der Waals surface area (Å²) in [5, 5.41) is 8.13. The highest BCUT2D eigenvalue weighted by Crippen LogP contribution is 2.31. The summed E-state index contributed by atoms with van der Waals surface area (Å²) < 4.78 is 5.64. The molecule has 1 unspecified atom stereocenters. The number of likely N-dealkylation sites (tertiary alicyclic amines) is 1. The Morgan fingerprint density at radius 3 is 2.60 bits per heavy atom. The van der Waals surface area contributed by atoms with Gasteiger partial charge in [0.15, 0.2) is 5.96 Å². The number of methoxy groups -OCH3 is 1. The highest BCUT2D eigenvalue weighted by Gasteiger charge is 2.26. The number of nitrogens with zero attached hydrogens (tertiary/aromatic N) is 3. The van der Waals surface area contributed by atoms with Gasteiger partial charge in [0.05, 0.1) is 23.9 Å². The Morgan fingerprint density at radius 2 is 1.97 bits per heavy atom. The highest BCUT2D eigenvalue weighted by atomic mass is 127. The SMILES string of the molecule is CN=C(NCCc1nc(C)c(C)s1)NCC(c1ccccc1OC)N1CCCC1.I. The molecule has 1 aliphatic rings. The lowest BCUT2D eigenvalue weighted by atomic mass is 10.0. The van der Waals surface area contributed by atoms with Crippen molar-refractivity contribution in [2.75, 3.05) is 40.3 Å². The molecule has 1 aromatic carbocycles. The van der Waals surface area contributed by atoms with Crippen molar-refractivity contribution in [3.05, 3.63) is 45.4 Å². The van der Waals surface area contributed by atoms with Crippen LogP contribution in [0, 0.1) is 13.8 Å². The van der Waals surface area contributed by atoms with E-state index in [9.17, 15) is 0 Å². The fraction of sp³-hybridized carbons (Fsp3) is 0.545. The zero-order valence-corrected chi connectivity index (χ0v) is 21.5. The lowest BCUT2D eigenvalue weighted by Gasteiger charge is -2.30. The maximum absolute atomic E-state index is 5.64. The average molecular weight is 544 g/mol. The van der Waals surface area contributed by atoms with Crippen LogP contribution < -0.4 is 15.4 Å². The number of rotatable bonds is 8. The van der Waals surface area contributed by atoms with E-state index in [-0.39, 0.29) is 30.0 Å². The number of para-hydroxylation sites is 1. The lowest BCUT2D eigenvalue weighted by Crippen LogP contribution is -2.43. The van der Waals surface area contributed by atoms with Gasteiger partial charge >= 0.3 is 0 Å². The molecule has 0 bridgehead atoms. The molecule has 1 fully saturated rings. The van der Waals surface area contributed by atoms with Gasteiger partial charge in [-0.3, -0.25) is 9.89 Å². The maximum Gasteiger partial charge on any atom is 0.191 e. The second-order valence-electron chi connectivity index (χ2n) is 7.38. The first-order valence-electron chi connectivity index (χ1n) is 10.4. The summed E-state index contributed by atoms with van der Waals surface area (Å²) in [7, 11) is 3.57. The molecule has 1 aliphatic heterocycles. The summed E-state index contributed by atoms with van der Waals surface area (Å²) in [4.78, 5) is 12.9. The van der Waals surface area contributed by atoms with E-state index < -0.39 is 0 Å². The fourth-order valence-corrected chi connectivity index (χ4v) is 4.71. The van der Waals surface area contributed by atoms with Gasteiger partial charge < -0.3 is 15.4 Å². The summed E-state index contributed by atoms with van der Waals surface area (Å²) in [5.74, 6) is 1.78. The van der Waals surface area contributed by atoms with Crippen LogP contribution in [0.1, 0.15) is 40.0 Å². The molecule has 0 amide bonds. The number of hydrogen-bond acceptors (Lipinski definition) is 5. The summed E-state index contributed by atoms with van der Waals surface area (Å²) in [6.07, 6.45) is 3.42. The Hall–Kier alpha value is -1.39. The molecule has 1 atom stereocenters. The third kappa shape index (κ3) is 6.55. The zero-order chi connectivity index (χ0) is 20.6. The van der Waals surface area contributed by atoms with Gasteiger partial charge in [-0.15, -0.1) is 35.3 Å². The van der Waals surface area contributed by atoms with Gasteiger partial charge in [-0.25, -0.2) is 4.98 Å². The Bertz CT molecular complexity index is 800. The Kier molecular flexibility index (Phi) is 10.3. The summed E-state index contributed by atoms with van der Waals surface area (Å²) in [5.41, 5.74) is 2.37. The van der Waals surface area contributed by atoms with Crippen LogP contribution in [0.25, 0.3) is 0 Å².